The monoisotopic (exact) mass is 246 g/mol. The summed E-state index contributed by atoms with van der Waals surface area (Å²) < 4.78 is 19.0. The third-order valence-corrected chi connectivity index (χ3v) is 3.56. The highest BCUT2D eigenvalue weighted by molar-refractivity contribution is 7.21. The molecule has 0 saturated heterocycles. The van der Waals surface area contributed by atoms with E-state index in [2.05, 4.69) is 0 Å². The summed E-state index contributed by atoms with van der Waals surface area (Å²) in [6, 6.07) is 9.46. The van der Waals surface area contributed by atoms with Gasteiger partial charge in [0.15, 0.2) is 5.76 Å². The van der Waals surface area contributed by atoms with Gasteiger partial charge in [-0.2, -0.15) is 0 Å². The van der Waals surface area contributed by atoms with E-state index in [1.807, 2.05) is 0 Å². The molecule has 0 atom stereocenters. The van der Waals surface area contributed by atoms with E-state index in [0.29, 0.717) is 10.6 Å². The van der Waals surface area contributed by atoms with Crippen LogP contribution in [0.1, 0.15) is 15.4 Å². The van der Waals surface area contributed by atoms with Crippen molar-refractivity contribution in [1.82, 2.24) is 0 Å². The molecule has 2 aromatic heterocycles. The van der Waals surface area contributed by atoms with Crippen LogP contribution in [-0.4, -0.2) is 5.78 Å². The molecule has 3 aromatic rings. The maximum Gasteiger partial charge on any atom is 0.238 e. The number of fused-ring (bicyclic) bond motifs is 1. The molecule has 0 saturated carbocycles. The zero-order chi connectivity index (χ0) is 11.8. The standard InChI is InChI=1S/C13H7FO2S/c14-9-3-4-11-8(6-9)7-12(17-11)13(15)10-2-1-5-16-10/h1-7H. The minimum Gasteiger partial charge on any atom is -0.461 e. The average molecular weight is 246 g/mol. The first kappa shape index (κ1) is 10.2. The van der Waals surface area contributed by atoms with E-state index < -0.39 is 0 Å². The fraction of sp³-hybridized carbons (Fsp3) is 0. The molecule has 0 unspecified atom stereocenters. The molecular formula is C13H7FO2S. The molecule has 2 heterocycles. The molecule has 0 aliphatic rings. The summed E-state index contributed by atoms with van der Waals surface area (Å²) in [6.07, 6.45) is 1.46. The molecular weight excluding hydrogens is 239 g/mol. The maximum atomic E-state index is 13.0. The Morgan fingerprint density at radius 2 is 2.12 bits per heavy atom. The topological polar surface area (TPSA) is 30.2 Å². The number of thiophene rings is 1. The quantitative estimate of drug-likeness (QED) is 0.642. The highest BCUT2D eigenvalue weighted by Gasteiger charge is 2.15. The molecule has 0 fully saturated rings. The van der Waals surface area contributed by atoms with Crippen molar-refractivity contribution in [1.29, 1.82) is 0 Å². The number of ketones is 1. The fourth-order valence-electron chi connectivity index (χ4n) is 1.66. The second-order valence-corrected chi connectivity index (χ2v) is 4.68. The first-order valence-electron chi connectivity index (χ1n) is 5.01. The minimum atomic E-state index is -0.299. The van der Waals surface area contributed by atoms with Crippen LogP contribution < -0.4 is 0 Å². The van der Waals surface area contributed by atoms with E-state index >= 15 is 0 Å². The van der Waals surface area contributed by atoms with Crippen LogP contribution in [0.5, 0.6) is 0 Å². The Balaban J connectivity index is 2.09. The Morgan fingerprint density at radius 3 is 2.88 bits per heavy atom. The summed E-state index contributed by atoms with van der Waals surface area (Å²) in [5.74, 6) is -0.166. The molecule has 0 bridgehead atoms. The summed E-state index contributed by atoms with van der Waals surface area (Å²) in [5, 5.41) is 0.741. The van der Waals surface area contributed by atoms with Gasteiger partial charge in [-0.15, -0.1) is 11.3 Å². The van der Waals surface area contributed by atoms with Crippen LogP contribution in [-0.2, 0) is 0 Å². The molecule has 0 aliphatic carbocycles. The Labute approximate surface area is 100 Å². The van der Waals surface area contributed by atoms with Gasteiger partial charge in [0.1, 0.15) is 5.82 Å². The summed E-state index contributed by atoms with van der Waals surface area (Å²) in [4.78, 5) is 12.5. The van der Waals surface area contributed by atoms with Gasteiger partial charge in [0, 0.05) is 4.70 Å². The van der Waals surface area contributed by atoms with Gasteiger partial charge >= 0.3 is 0 Å². The van der Waals surface area contributed by atoms with Gasteiger partial charge < -0.3 is 4.42 Å². The van der Waals surface area contributed by atoms with Crippen LogP contribution >= 0.6 is 11.3 Å². The van der Waals surface area contributed by atoms with E-state index in [-0.39, 0.29) is 11.6 Å². The molecule has 3 rings (SSSR count). The summed E-state index contributed by atoms with van der Waals surface area (Å²) >= 11 is 1.34. The molecule has 0 amide bonds. The van der Waals surface area contributed by atoms with Crippen molar-refractivity contribution < 1.29 is 13.6 Å². The van der Waals surface area contributed by atoms with E-state index in [0.717, 1.165) is 10.1 Å². The third-order valence-electron chi connectivity index (χ3n) is 2.45. The fourth-order valence-corrected chi connectivity index (χ4v) is 2.64. The Kier molecular flexibility index (Phi) is 2.30. The highest BCUT2D eigenvalue weighted by atomic mass is 32.1. The van der Waals surface area contributed by atoms with Crippen molar-refractivity contribution in [2.75, 3.05) is 0 Å². The van der Waals surface area contributed by atoms with Crippen LogP contribution in [0.15, 0.2) is 47.1 Å². The normalized spacial score (nSPS) is 10.9. The lowest BCUT2D eigenvalue weighted by molar-refractivity contribution is 0.101. The third kappa shape index (κ3) is 1.76. The Bertz CT molecular complexity index is 683. The highest BCUT2D eigenvalue weighted by Crippen LogP contribution is 2.28. The lowest BCUT2D eigenvalue weighted by Gasteiger charge is -1.89. The minimum absolute atomic E-state index is 0.170. The molecule has 2 nitrogen and oxygen atoms in total. The number of furan rings is 1. The number of hydrogen-bond acceptors (Lipinski definition) is 3. The van der Waals surface area contributed by atoms with E-state index in [1.54, 1.807) is 24.3 Å². The molecule has 4 heteroatoms. The number of benzene rings is 1. The molecule has 17 heavy (non-hydrogen) atoms. The summed E-state index contributed by atoms with van der Waals surface area (Å²) in [6.45, 7) is 0. The smallest absolute Gasteiger partial charge is 0.238 e. The number of halogens is 1. The van der Waals surface area contributed by atoms with Crippen molar-refractivity contribution in [2.24, 2.45) is 0 Å². The summed E-state index contributed by atoms with van der Waals surface area (Å²) in [7, 11) is 0. The van der Waals surface area contributed by atoms with Gasteiger partial charge in [0.2, 0.25) is 5.78 Å². The number of carbonyl (C=O) groups excluding carboxylic acids is 1. The van der Waals surface area contributed by atoms with E-state index in [1.165, 1.54) is 29.7 Å². The second kappa shape index (κ2) is 3.82. The van der Waals surface area contributed by atoms with Crippen molar-refractivity contribution in [2.45, 2.75) is 0 Å². The van der Waals surface area contributed by atoms with Gasteiger partial charge in [-0.05, 0) is 41.8 Å². The number of hydrogen-bond donors (Lipinski definition) is 0. The van der Waals surface area contributed by atoms with Crippen LogP contribution in [0.2, 0.25) is 0 Å². The van der Waals surface area contributed by atoms with Crippen molar-refractivity contribution in [3.63, 3.8) is 0 Å². The molecule has 0 radical (unpaired) electrons. The molecule has 0 spiro atoms. The molecule has 1 aromatic carbocycles. The van der Waals surface area contributed by atoms with Crippen molar-refractivity contribution in [3.05, 3.63) is 59.1 Å². The predicted molar refractivity (Wildman–Crippen MR) is 63.9 cm³/mol. The zero-order valence-corrected chi connectivity index (χ0v) is 9.46. The van der Waals surface area contributed by atoms with Gasteiger partial charge in [-0.25, -0.2) is 4.39 Å². The average Bonchev–Trinajstić information content (AvgIpc) is 2.96. The number of rotatable bonds is 2. The largest absolute Gasteiger partial charge is 0.461 e. The van der Waals surface area contributed by atoms with Crippen LogP contribution in [0.4, 0.5) is 4.39 Å². The van der Waals surface area contributed by atoms with Crippen LogP contribution in [0.3, 0.4) is 0 Å². The van der Waals surface area contributed by atoms with Gasteiger partial charge in [0.05, 0.1) is 11.1 Å². The molecule has 0 aliphatic heterocycles. The Hall–Kier alpha value is -1.94. The Morgan fingerprint density at radius 1 is 1.24 bits per heavy atom. The number of carbonyl (C=O) groups is 1. The predicted octanol–water partition coefficient (Wildman–Crippen LogP) is 3.86. The second-order valence-electron chi connectivity index (χ2n) is 3.60. The first-order chi connectivity index (χ1) is 8.24. The lowest BCUT2D eigenvalue weighted by Crippen LogP contribution is -1.95. The first-order valence-corrected chi connectivity index (χ1v) is 5.83. The van der Waals surface area contributed by atoms with Crippen LogP contribution in [0.25, 0.3) is 10.1 Å². The molecule has 84 valence electrons. The van der Waals surface area contributed by atoms with E-state index in [9.17, 15) is 9.18 Å². The van der Waals surface area contributed by atoms with Crippen molar-refractivity contribution >= 4 is 27.2 Å². The van der Waals surface area contributed by atoms with Gasteiger partial charge in [-0.3, -0.25) is 4.79 Å². The van der Waals surface area contributed by atoms with Gasteiger partial charge in [0.25, 0.3) is 0 Å². The maximum absolute atomic E-state index is 13.0. The summed E-state index contributed by atoms with van der Waals surface area (Å²) in [5.41, 5.74) is 0. The van der Waals surface area contributed by atoms with Gasteiger partial charge in [-0.1, -0.05) is 0 Å². The SMILES string of the molecule is O=C(c1ccco1)c1cc2cc(F)ccc2s1. The molecule has 0 N–H and O–H groups in total. The van der Waals surface area contributed by atoms with Crippen molar-refractivity contribution in [3.8, 4) is 0 Å². The van der Waals surface area contributed by atoms with E-state index in [4.69, 9.17) is 4.42 Å². The van der Waals surface area contributed by atoms with Crippen LogP contribution in [0, 0.1) is 5.82 Å². The lowest BCUT2D eigenvalue weighted by atomic mass is 10.2. The zero-order valence-electron chi connectivity index (χ0n) is 8.64.